The summed E-state index contributed by atoms with van der Waals surface area (Å²) in [5.41, 5.74) is 3.17. The van der Waals surface area contributed by atoms with Crippen LogP contribution >= 0.6 is 34.8 Å². The number of rotatable bonds is 3. The number of ether oxygens (including phenoxy) is 2. The summed E-state index contributed by atoms with van der Waals surface area (Å²) >= 11 is 18.2. The van der Waals surface area contributed by atoms with Crippen LogP contribution in [0.4, 0.5) is 0 Å². The molecule has 0 amide bonds. The van der Waals surface area contributed by atoms with Gasteiger partial charge in [0.1, 0.15) is 18.2 Å². The van der Waals surface area contributed by atoms with Gasteiger partial charge in [0, 0.05) is 28.2 Å². The van der Waals surface area contributed by atoms with E-state index in [1.54, 1.807) is 30.3 Å². The maximum atomic E-state index is 12.9. The quantitative estimate of drug-likeness (QED) is 0.402. The molecule has 0 bridgehead atoms. The molecule has 2 aliphatic heterocycles. The minimum absolute atomic E-state index is 0.182. The second kappa shape index (κ2) is 8.21. The zero-order chi connectivity index (χ0) is 21.5. The molecular weight excluding hydrogens is 457 g/mol. The Labute approximate surface area is 194 Å². The van der Waals surface area contributed by atoms with E-state index in [0.29, 0.717) is 51.8 Å². The predicted octanol–water partition coefficient (Wildman–Crippen LogP) is 6.62. The summed E-state index contributed by atoms with van der Waals surface area (Å²) in [5.74, 6) is 1.31. The standard InChI is InChI=1S/C24H16Cl3NO3/c25-16-4-1-14(2-5-16)11-28-12-19-21(30-13-28)8-7-18-23(29)22(31-24(18)19)9-15-3-6-17(26)10-20(15)27/h1-10H,11-13H2/b22-9-. The molecule has 0 N–H and O–H groups in total. The lowest BCUT2D eigenvalue weighted by atomic mass is 10.0. The predicted molar refractivity (Wildman–Crippen MR) is 122 cm³/mol. The highest BCUT2D eigenvalue weighted by atomic mass is 35.5. The number of nitrogens with zero attached hydrogens (tertiary/aromatic N) is 1. The van der Waals surface area contributed by atoms with Crippen molar-refractivity contribution in [3.8, 4) is 11.5 Å². The number of benzene rings is 3. The monoisotopic (exact) mass is 471 g/mol. The van der Waals surface area contributed by atoms with Gasteiger partial charge in [-0.05, 0) is 53.6 Å². The van der Waals surface area contributed by atoms with Crippen molar-refractivity contribution in [1.29, 1.82) is 0 Å². The molecule has 0 fully saturated rings. The second-order valence-corrected chi connectivity index (χ2v) is 8.69. The van der Waals surface area contributed by atoms with E-state index in [0.717, 1.165) is 16.9 Å². The van der Waals surface area contributed by atoms with Gasteiger partial charge in [0.05, 0.1) is 11.1 Å². The van der Waals surface area contributed by atoms with Crippen molar-refractivity contribution in [2.45, 2.75) is 13.1 Å². The third-order valence-corrected chi connectivity index (χ3v) is 6.07. The Bertz CT molecular complexity index is 1220. The van der Waals surface area contributed by atoms with Crippen LogP contribution in [0.3, 0.4) is 0 Å². The number of hydrogen-bond donors (Lipinski definition) is 0. The van der Waals surface area contributed by atoms with Crippen LogP contribution < -0.4 is 9.47 Å². The molecule has 3 aromatic rings. The molecule has 5 rings (SSSR count). The van der Waals surface area contributed by atoms with Gasteiger partial charge in [-0.1, -0.05) is 53.0 Å². The Kier molecular flexibility index (Phi) is 5.40. The Morgan fingerprint density at radius 2 is 1.74 bits per heavy atom. The molecule has 0 spiro atoms. The van der Waals surface area contributed by atoms with Gasteiger partial charge < -0.3 is 9.47 Å². The fraction of sp³-hybridized carbons (Fsp3) is 0.125. The van der Waals surface area contributed by atoms with Gasteiger partial charge in [-0.25, -0.2) is 0 Å². The van der Waals surface area contributed by atoms with Gasteiger partial charge in [-0.2, -0.15) is 0 Å². The summed E-state index contributed by atoms with van der Waals surface area (Å²) in [6, 6.07) is 16.4. The van der Waals surface area contributed by atoms with E-state index in [1.807, 2.05) is 30.3 Å². The molecule has 2 heterocycles. The van der Waals surface area contributed by atoms with E-state index >= 15 is 0 Å². The lowest BCUT2D eigenvalue weighted by molar-refractivity contribution is 0.0873. The van der Waals surface area contributed by atoms with Crippen LogP contribution in [0, 0.1) is 0 Å². The van der Waals surface area contributed by atoms with Crippen LogP contribution in [0.1, 0.15) is 27.0 Å². The molecule has 156 valence electrons. The molecular formula is C24H16Cl3NO3. The molecule has 0 atom stereocenters. The molecule has 0 aromatic heterocycles. The summed E-state index contributed by atoms with van der Waals surface area (Å²) in [7, 11) is 0. The minimum atomic E-state index is -0.182. The fourth-order valence-corrected chi connectivity index (χ4v) is 4.30. The van der Waals surface area contributed by atoms with Crippen LogP contribution in [0.15, 0.2) is 60.4 Å². The smallest absolute Gasteiger partial charge is 0.231 e. The molecule has 3 aromatic carbocycles. The summed E-state index contributed by atoms with van der Waals surface area (Å²) in [5, 5.41) is 1.68. The normalized spacial score (nSPS) is 16.6. The van der Waals surface area contributed by atoms with Gasteiger partial charge in [0.15, 0.2) is 5.76 Å². The molecule has 0 radical (unpaired) electrons. The van der Waals surface area contributed by atoms with Crippen molar-refractivity contribution >= 4 is 46.7 Å². The number of halogens is 3. The first kappa shape index (κ1) is 20.4. The number of carbonyl (C=O) groups is 1. The van der Waals surface area contributed by atoms with Gasteiger partial charge in [0.25, 0.3) is 0 Å². The molecule has 0 unspecified atom stereocenters. The Morgan fingerprint density at radius 1 is 0.968 bits per heavy atom. The first-order valence-electron chi connectivity index (χ1n) is 9.63. The van der Waals surface area contributed by atoms with E-state index in [4.69, 9.17) is 44.3 Å². The SMILES string of the molecule is O=C1/C(=C/c2ccc(Cl)cc2Cl)Oc2c1ccc1c2CN(Cc2ccc(Cl)cc2)CO1. The van der Waals surface area contributed by atoms with Crippen molar-refractivity contribution in [2.75, 3.05) is 6.73 Å². The largest absolute Gasteiger partial charge is 0.478 e. The number of allylic oxidation sites excluding steroid dienone is 1. The van der Waals surface area contributed by atoms with Gasteiger partial charge in [-0.15, -0.1) is 0 Å². The van der Waals surface area contributed by atoms with Crippen LogP contribution in [0.5, 0.6) is 11.5 Å². The Hall–Kier alpha value is -2.50. The second-order valence-electron chi connectivity index (χ2n) is 7.41. The van der Waals surface area contributed by atoms with E-state index in [9.17, 15) is 4.79 Å². The molecule has 0 saturated carbocycles. The summed E-state index contributed by atoms with van der Waals surface area (Å²) in [6.07, 6.45) is 1.64. The van der Waals surface area contributed by atoms with Crippen molar-refractivity contribution in [3.05, 3.63) is 97.7 Å². The lowest BCUT2D eigenvalue weighted by Gasteiger charge is -2.29. The van der Waals surface area contributed by atoms with Gasteiger partial charge in [0.2, 0.25) is 5.78 Å². The summed E-state index contributed by atoms with van der Waals surface area (Å²) in [4.78, 5) is 15.1. The van der Waals surface area contributed by atoms with Crippen molar-refractivity contribution < 1.29 is 14.3 Å². The first-order valence-corrected chi connectivity index (χ1v) is 10.8. The van der Waals surface area contributed by atoms with E-state index in [1.165, 1.54) is 0 Å². The topological polar surface area (TPSA) is 38.8 Å². The molecule has 0 saturated heterocycles. The van der Waals surface area contributed by atoms with E-state index < -0.39 is 0 Å². The highest BCUT2D eigenvalue weighted by molar-refractivity contribution is 6.35. The number of hydrogen-bond acceptors (Lipinski definition) is 4. The fourth-order valence-electron chi connectivity index (χ4n) is 3.71. The molecule has 0 aliphatic carbocycles. The first-order chi connectivity index (χ1) is 15.0. The lowest BCUT2D eigenvalue weighted by Crippen LogP contribution is -2.31. The maximum absolute atomic E-state index is 12.9. The third kappa shape index (κ3) is 4.04. The van der Waals surface area contributed by atoms with Crippen molar-refractivity contribution in [2.24, 2.45) is 0 Å². The van der Waals surface area contributed by atoms with Gasteiger partial charge in [-0.3, -0.25) is 9.69 Å². The number of fused-ring (bicyclic) bond motifs is 3. The minimum Gasteiger partial charge on any atom is -0.478 e. The van der Waals surface area contributed by atoms with E-state index in [-0.39, 0.29) is 11.5 Å². The van der Waals surface area contributed by atoms with Crippen molar-refractivity contribution in [1.82, 2.24) is 4.90 Å². The van der Waals surface area contributed by atoms with Crippen LogP contribution in [0.2, 0.25) is 15.1 Å². The van der Waals surface area contributed by atoms with Gasteiger partial charge >= 0.3 is 0 Å². The molecule has 4 nitrogen and oxygen atoms in total. The number of carbonyl (C=O) groups excluding carboxylic acids is 1. The summed E-state index contributed by atoms with van der Waals surface area (Å²) in [6.45, 7) is 1.74. The zero-order valence-corrected chi connectivity index (χ0v) is 18.5. The van der Waals surface area contributed by atoms with Crippen LogP contribution in [-0.4, -0.2) is 17.4 Å². The third-order valence-electron chi connectivity index (χ3n) is 5.25. The maximum Gasteiger partial charge on any atom is 0.231 e. The van der Waals surface area contributed by atoms with Crippen molar-refractivity contribution in [3.63, 3.8) is 0 Å². The highest BCUT2D eigenvalue weighted by Crippen LogP contribution is 2.42. The molecule has 2 aliphatic rings. The van der Waals surface area contributed by atoms with Crippen LogP contribution in [0.25, 0.3) is 6.08 Å². The number of Topliss-reactive ketones (excluding diaryl/α,β-unsaturated/α-hetero) is 1. The van der Waals surface area contributed by atoms with E-state index in [2.05, 4.69) is 4.90 Å². The zero-order valence-electron chi connectivity index (χ0n) is 16.2. The molecule has 31 heavy (non-hydrogen) atoms. The number of ketones is 1. The average molecular weight is 473 g/mol. The Balaban J connectivity index is 1.43. The Morgan fingerprint density at radius 3 is 2.52 bits per heavy atom. The average Bonchev–Trinajstić information content (AvgIpc) is 3.08. The molecule has 7 heteroatoms. The van der Waals surface area contributed by atoms with Crippen LogP contribution in [-0.2, 0) is 13.1 Å². The highest BCUT2D eigenvalue weighted by Gasteiger charge is 2.33. The summed E-state index contributed by atoms with van der Waals surface area (Å²) < 4.78 is 11.9.